The number of thiophene rings is 1. The van der Waals surface area contributed by atoms with E-state index in [1.165, 1.54) is 0 Å². The van der Waals surface area contributed by atoms with Gasteiger partial charge in [0, 0.05) is 29.6 Å². The van der Waals surface area contributed by atoms with Gasteiger partial charge in [-0.05, 0) is 43.7 Å². The Bertz CT molecular complexity index is 715. The summed E-state index contributed by atoms with van der Waals surface area (Å²) >= 11 is 1.65. The average Bonchev–Trinajstić information content (AvgIpc) is 3.14. The van der Waals surface area contributed by atoms with E-state index in [4.69, 9.17) is 0 Å². The van der Waals surface area contributed by atoms with Crippen LogP contribution in [0.3, 0.4) is 0 Å². The zero-order valence-electron chi connectivity index (χ0n) is 13.1. The number of aryl methyl sites for hydroxylation is 1. The second-order valence-corrected chi connectivity index (χ2v) is 6.84. The number of rotatable bonds is 3. The molecule has 3 rings (SSSR count). The summed E-state index contributed by atoms with van der Waals surface area (Å²) in [5.74, 6) is 0.101. The van der Waals surface area contributed by atoms with Crippen LogP contribution in [0.15, 0.2) is 17.5 Å². The number of H-pyrrole nitrogens is 1. The molecule has 0 radical (unpaired) electrons. The predicted octanol–water partition coefficient (Wildman–Crippen LogP) is 3.74. The van der Waals surface area contributed by atoms with Crippen molar-refractivity contribution in [3.63, 3.8) is 0 Å². The highest BCUT2D eigenvalue weighted by Crippen LogP contribution is 2.29. The van der Waals surface area contributed by atoms with E-state index < -0.39 is 0 Å². The van der Waals surface area contributed by atoms with Crippen molar-refractivity contribution >= 4 is 23.0 Å². The van der Waals surface area contributed by atoms with Crippen molar-refractivity contribution in [1.29, 1.82) is 0 Å². The summed E-state index contributed by atoms with van der Waals surface area (Å²) in [6.45, 7) is 3.89. The molecule has 2 aromatic rings. The fraction of sp³-hybridized carbons (Fsp3) is 0.412. The molecule has 0 unspecified atom stereocenters. The highest BCUT2D eigenvalue weighted by atomic mass is 32.1. The van der Waals surface area contributed by atoms with Crippen LogP contribution in [0, 0.1) is 6.92 Å². The third kappa shape index (κ3) is 2.39. The predicted molar refractivity (Wildman–Crippen MR) is 87.6 cm³/mol. The second-order valence-electron chi connectivity index (χ2n) is 5.86. The third-order valence-corrected chi connectivity index (χ3v) is 5.55. The summed E-state index contributed by atoms with van der Waals surface area (Å²) in [4.78, 5) is 31.0. The number of carbonyl (C=O) groups is 2. The number of amides is 1. The van der Waals surface area contributed by atoms with Gasteiger partial charge in [0.15, 0.2) is 5.78 Å². The third-order valence-electron chi connectivity index (χ3n) is 4.51. The Morgan fingerprint density at radius 3 is 2.82 bits per heavy atom. The fourth-order valence-electron chi connectivity index (χ4n) is 3.06. The molecule has 5 heteroatoms. The van der Waals surface area contributed by atoms with Crippen molar-refractivity contribution in [3.8, 4) is 0 Å². The molecule has 1 aliphatic rings. The van der Waals surface area contributed by atoms with E-state index in [0.29, 0.717) is 12.1 Å². The largest absolute Gasteiger partial charge is 0.354 e. The summed E-state index contributed by atoms with van der Waals surface area (Å²) in [6, 6.07) is 4.05. The Hall–Kier alpha value is -1.88. The molecule has 2 heterocycles. The van der Waals surface area contributed by atoms with Crippen LogP contribution in [0.1, 0.15) is 62.8 Å². The van der Waals surface area contributed by atoms with E-state index in [1.807, 2.05) is 38.4 Å². The van der Waals surface area contributed by atoms with E-state index in [2.05, 4.69) is 4.98 Å². The number of carbonyl (C=O) groups excluding carboxylic acids is 2. The normalized spacial score (nSPS) is 15.5. The first kappa shape index (κ1) is 15.0. The molecule has 2 aromatic heterocycles. The van der Waals surface area contributed by atoms with Gasteiger partial charge < -0.3 is 9.88 Å². The number of ketones is 1. The molecule has 0 saturated carbocycles. The lowest BCUT2D eigenvalue weighted by Crippen LogP contribution is -2.30. The van der Waals surface area contributed by atoms with E-state index in [0.717, 1.165) is 34.5 Å². The molecule has 1 amide bonds. The lowest BCUT2D eigenvalue weighted by atomic mass is 9.93. The van der Waals surface area contributed by atoms with Gasteiger partial charge in [-0.25, -0.2) is 0 Å². The van der Waals surface area contributed by atoms with Crippen LogP contribution < -0.4 is 0 Å². The lowest BCUT2D eigenvalue weighted by molar-refractivity contribution is 0.0738. The van der Waals surface area contributed by atoms with Gasteiger partial charge >= 0.3 is 0 Å². The van der Waals surface area contributed by atoms with Gasteiger partial charge in [-0.1, -0.05) is 6.07 Å². The Morgan fingerprint density at radius 1 is 1.41 bits per heavy atom. The maximum absolute atomic E-state index is 12.8. The molecule has 1 atom stereocenters. The topological polar surface area (TPSA) is 53.2 Å². The number of nitrogens with one attached hydrogen (secondary N) is 1. The molecule has 1 N–H and O–H groups in total. The van der Waals surface area contributed by atoms with Gasteiger partial charge in [0.1, 0.15) is 5.69 Å². The average molecular weight is 316 g/mol. The first-order chi connectivity index (χ1) is 10.5. The Labute approximate surface area is 134 Å². The summed E-state index contributed by atoms with van der Waals surface area (Å²) < 4.78 is 0. The van der Waals surface area contributed by atoms with E-state index in [9.17, 15) is 9.59 Å². The van der Waals surface area contributed by atoms with Crippen molar-refractivity contribution in [3.05, 3.63) is 44.9 Å². The number of aromatic amines is 1. The number of hydrogen-bond donors (Lipinski definition) is 1. The van der Waals surface area contributed by atoms with E-state index in [1.54, 1.807) is 16.2 Å². The van der Waals surface area contributed by atoms with Crippen LogP contribution in [-0.4, -0.2) is 28.6 Å². The minimum absolute atomic E-state index is 0.0166. The standard InChI is InChI=1S/C17H20N2O2S/c1-10-15-12(6-4-7-13(15)20)18-16(10)17(21)19(3)11(2)14-8-5-9-22-14/h5,8-9,11,18H,4,6-7H2,1-3H3/t11-/m1/s1. The van der Waals surface area contributed by atoms with Gasteiger partial charge in [-0.15, -0.1) is 11.3 Å². The van der Waals surface area contributed by atoms with Gasteiger partial charge in [0.25, 0.3) is 5.91 Å². The summed E-state index contributed by atoms with van der Waals surface area (Å²) in [7, 11) is 1.81. The SMILES string of the molecule is Cc1c(C(=O)N(C)[C@H](C)c2cccs2)[nH]c2c1C(=O)CCC2. The maximum atomic E-state index is 12.8. The van der Waals surface area contributed by atoms with Crippen molar-refractivity contribution in [2.24, 2.45) is 0 Å². The zero-order valence-corrected chi connectivity index (χ0v) is 13.9. The molecule has 22 heavy (non-hydrogen) atoms. The van der Waals surface area contributed by atoms with E-state index in [-0.39, 0.29) is 17.7 Å². The molecular formula is C17H20N2O2S. The van der Waals surface area contributed by atoms with Crippen LogP contribution in [0.25, 0.3) is 0 Å². The highest BCUT2D eigenvalue weighted by Gasteiger charge is 2.29. The molecule has 0 aromatic carbocycles. The van der Waals surface area contributed by atoms with Crippen molar-refractivity contribution < 1.29 is 9.59 Å². The lowest BCUT2D eigenvalue weighted by Gasteiger charge is -2.24. The van der Waals surface area contributed by atoms with Gasteiger partial charge in [-0.2, -0.15) is 0 Å². The number of nitrogens with zero attached hydrogens (tertiary/aromatic N) is 1. The minimum Gasteiger partial charge on any atom is -0.354 e. The molecule has 1 aliphatic carbocycles. The van der Waals surface area contributed by atoms with Crippen LogP contribution in [0.2, 0.25) is 0 Å². The zero-order chi connectivity index (χ0) is 15.9. The van der Waals surface area contributed by atoms with Gasteiger partial charge in [-0.3, -0.25) is 9.59 Å². The molecule has 4 nitrogen and oxygen atoms in total. The monoisotopic (exact) mass is 316 g/mol. The quantitative estimate of drug-likeness (QED) is 0.938. The van der Waals surface area contributed by atoms with E-state index >= 15 is 0 Å². The highest BCUT2D eigenvalue weighted by molar-refractivity contribution is 7.10. The Balaban J connectivity index is 1.91. The van der Waals surface area contributed by atoms with Crippen molar-refractivity contribution in [2.45, 2.75) is 39.2 Å². The Kier molecular flexibility index (Phi) is 3.91. The number of fused-ring (bicyclic) bond motifs is 1. The molecule has 0 saturated heterocycles. The molecule has 116 valence electrons. The molecule has 0 spiro atoms. The molecule has 0 aliphatic heterocycles. The number of aromatic nitrogens is 1. The first-order valence-electron chi connectivity index (χ1n) is 7.56. The van der Waals surface area contributed by atoms with Crippen molar-refractivity contribution in [2.75, 3.05) is 7.05 Å². The van der Waals surface area contributed by atoms with Crippen molar-refractivity contribution in [1.82, 2.24) is 9.88 Å². The van der Waals surface area contributed by atoms with Crippen LogP contribution in [0.5, 0.6) is 0 Å². The maximum Gasteiger partial charge on any atom is 0.270 e. The van der Waals surface area contributed by atoms with Gasteiger partial charge in [0.05, 0.1) is 6.04 Å². The van der Waals surface area contributed by atoms with Gasteiger partial charge in [0.2, 0.25) is 0 Å². The Morgan fingerprint density at radius 2 is 2.18 bits per heavy atom. The summed E-state index contributed by atoms with van der Waals surface area (Å²) in [5, 5.41) is 2.02. The summed E-state index contributed by atoms with van der Waals surface area (Å²) in [5.41, 5.74) is 3.03. The number of hydrogen-bond acceptors (Lipinski definition) is 3. The molecule has 0 bridgehead atoms. The molecule has 0 fully saturated rings. The van der Waals surface area contributed by atoms with Crippen LogP contribution in [-0.2, 0) is 6.42 Å². The first-order valence-corrected chi connectivity index (χ1v) is 8.44. The van der Waals surface area contributed by atoms with Crippen LogP contribution >= 0.6 is 11.3 Å². The molecular weight excluding hydrogens is 296 g/mol. The summed E-state index contributed by atoms with van der Waals surface area (Å²) in [6.07, 6.45) is 2.29. The smallest absolute Gasteiger partial charge is 0.270 e. The number of Topliss-reactive ketones (excluding diaryl/α,β-unsaturated/α-hetero) is 1. The second kappa shape index (κ2) is 5.72. The minimum atomic E-state index is -0.0550. The fourth-order valence-corrected chi connectivity index (χ4v) is 3.89. The van der Waals surface area contributed by atoms with Crippen LogP contribution in [0.4, 0.5) is 0 Å².